The molecule has 0 radical (unpaired) electrons. The number of nitrogens with zero attached hydrogens (tertiary/aromatic N) is 1. The van der Waals surface area contributed by atoms with Crippen molar-refractivity contribution in [2.75, 3.05) is 5.32 Å². The van der Waals surface area contributed by atoms with Crippen LogP contribution in [0.1, 0.15) is 52.1 Å². The molecule has 0 atom stereocenters. The molecule has 0 saturated heterocycles. The van der Waals surface area contributed by atoms with Gasteiger partial charge in [-0.2, -0.15) is 0 Å². The second-order valence-corrected chi connectivity index (χ2v) is 7.39. The van der Waals surface area contributed by atoms with E-state index in [-0.39, 0.29) is 16.7 Å². The van der Waals surface area contributed by atoms with E-state index in [4.69, 9.17) is 0 Å². The van der Waals surface area contributed by atoms with Crippen molar-refractivity contribution in [3.8, 4) is 0 Å². The summed E-state index contributed by atoms with van der Waals surface area (Å²) in [7, 11) is 0. The number of aryl methyl sites for hydroxylation is 1. The third kappa shape index (κ3) is 3.53. The smallest absolute Gasteiger partial charge is 0.231 e. The Labute approximate surface area is 108 Å². The fourth-order valence-electron chi connectivity index (χ4n) is 1.43. The van der Waals surface area contributed by atoms with Gasteiger partial charge in [-0.1, -0.05) is 41.5 Å². The van der Waals surface area contributed by atoms with Crippen LogP contribution in [-0.4, -0.2) is 10.9 Å². The van der Waals surface area contributed by atoms with Crippen molar-refractivity contribution in [1.29, 1.82) is 0 Å². The summed E-state index contributed by atoms with van der Waals surface area (Å²) in [5.74, 6) is 0.00621. The van der Waals surface area contributed by atoms with Crippen molar-refractivity contribution in [3.63, 3.8) is 0 Å². The van der Waals surface area contributed by atoms with E-state index in [1.165, 1.54) is 4.88 Å². The van der Waals surface area contributed by atoms with Gasteiger partial charge in [0, 0.05) is 10.3 Å². The van der Waals surface area contributed by atoms with E-state index in [1.807, 2.05) is 27.7 Å². The molecule has 1 aromatic rings. The summed E-state index contributed by atoms with van der Waals surface area (Å²) in [5.41, 5.74) is 0.695. The van der Waals surface area contributed by atoms with Crippen LogP contribution in [0.25, 0.3) is 0 Å². The number of anilines is 1. The minimum Gasteiger partial charge on any atom is -0.302 e. The van der Waals surface area contributed by atoms with Crippen molar-refractivity contribution >= 4 is 22.4 Å². The lowest BCUT2D eigenvalue weighted by atomic mass is 9.93. The SMILES string of the molecule is Cc1nc(NC(=O)C(C)(C)C)sc1C(C)(C)C. The van der Waals surface area contributed by atoms with Gasteiger partial charge in [-0.15, -0.1) is 11.3 Å². The summed E-state index contributed by atoms with van der Waals surface area (Å²) in [6, 6.07) is 0. The Morgan fingerprint density at radius 1 is 1.18 bits per heavy atom. The third-order valence-electron chi connectivity index (χ3n) is 2.38. The van der Waals surface area contributed by atoms with E-state index in [2.05, 4.69) is 31.1 Å². The minimum atomic E-state index is -0.387. The number of amides is 1. The van der Waals surface area contributed by atoms with Crippen molar-refractivity contribution in [2.45, 2.75) is 53.9 Å². The van der Waals surface area contributed by atoms with E-state index in [1.54, 1.807) is 11.3 Å². The van der Waals surface area contributed by atoms with Gasteiger partial charge in [0.15, 0.2) is 5.13 Å². The van der Waals surface area contributed by atoms with Gasteiger partial charge in [0.25, 0.3) is 0 Å². The molecule has 17 heavy (non-hydrogen) atoms. The number of aromatic nitrogens is 1. The molecule has 0 spiro atoms. The van der Waals surface area contributed by atoms with Crippen LogP contribution in [0.3, 0.4) is 0 Å². The molecule has 96 valence electrons. The summed E-state index contributed by atoms with van der Waals surface area (Å²) in [5, 5.41) is 3.58. The number of rotatable bonds is 1. The quantitative estimate of drug-likeness (QED) is 0.829. The average molecular weight is 254 g/mol. The molecule has 1 aromatic heterocycles. The van der Waals surface area contributed by atoms with Crippen molar-refractivity contribution in [2.24, 2.45) is 5.41 Å². The molecule has 0 unspecified atom stereocenters. The Morgan fingerprint density at radius 2 is 1.71 bits per heavy atom. The fourth-order valence-corrected chi connectivity index (χ4v) is 2.45. The van der Waals surface area contributed by atoms with Gasteiger partial charge in [-0.25, -0.2) is 4.98 Å². The molecule has 0 aliphatic carbocycles. The molecule has 1 heterocycles. The molecule has 0 aliphatic rings. The predicted octanol–water partition coefficient (Wildman–Crippen LogP) is 3.73. The molecule has 1 amide bonds. The van der Waals surface area contributed by atoms with E-state index < -0.39 is 0 Å². The monoisotopic (exact) mass is 254 g/mol. The minimum absolute atomic E-state index is 0.00621. The van der Waals surface area contributed by atoms with Gasteiger partial charge in [0.2, 0.25) is 5.91 Å². The van der Waals surface area contributed by atoms with Crippen LogP contribution in [0.2, 0.25) is 0 Å². The summed E-state index contributed by atoms with van der Waals surface area (Å²) in [6.07, 6.45) is 0. The summed E-state index contributed by atoms with van der Waals surface area (Å²) in [4.78, 5) is 17.5. The zero-order valence-corrected chi connectivity index (χ0v) is 12.6. The van der Waals surface area contributed by atoms with Gasteiger partial charge in [0.1, 0.15) is 0 Å². The zero-order valence-electron chi connectivity index (χ0n) is 11.8. The van der Waals surface area contributed by atoms with E-state index in [9.17, 15) is 4.79 Å². The molecular formula is C13H22N2OS. The Balaban J connectivity index is 2.93. The lowest BCUT2D eigenvalue weighted by molar-refractivity contribution is -0.123. The molecular weight excluding hydrogens is 232 g/mol. The highest BCUT2D eigenvalue weighted by molar-refractivity contribution is 7.16. The van der Waals surface area contributed by atoms with Gasteiger partial charge < -0.3 is 5.32 Å². The van der Waals surface area contributed by atoms with E-state index in [0.717, 1.165) is 5.69 Å². The molecule has 1 rings (SSSR count). The molecule has 0 saturated carbocycles. The lowest BCUT2D eigenvalue weighted by Gasteiger charge is -2.17. The van der Waals surface area contributed by atoms with E-state index in [0.29, 0.717) is 5.13 Å². The first kappa shape index (κ1) is 14.2. The number of hydrogen-bond acceptors (Lipinski definition) is 3. The summed E-state index contributed by atoms with van der Waals surface area (Å²) >= 11 is 1.57. The molecule has 4 heteroatoms. The number of carbonyl (C=O) groups excluding carboxylic acids is 1. The maximum absolute atomic E-state index is 11.9. The maximum atomic E-state index is 11.9. The van der Waals surface area contributed by atoms with Crippen LogP contribution < -0.4 is 5.32 Å². The number of carbonyl (C=O) groups is 1. The first-order valence-corrected chi connectivity index (χ1v) is 6.63. The first-order chi connectivity index (χ1) is 7.51. The van der Waals surface area contributed by atoms with Crippen LogP contribution in [0.4, 0.5) is 5.13 Å². The Morgan fingerprint density at radius 3 is 2.06 bits per heavy atom. The van der Waals surface area contributed by atoms with Crippen LogP contribution in [-0.2, 0) is 10.2 Å². The normalized spacial score (nSPS) is 12.6. The summed E-state index contributed by atoms with van der Waals surface area (Å²) in [6.45, 7) is 14.1. The van der Waals surface area contributed by atoms with Crippen molar-refractivity contribution < 1.29 is 4.79 Å². The highest BCUT2D eigenvalue weighted by Crippen LogP contribution is 2.34. The van der Waals surface area contributed by atoms with Gasteiger partial charge in [0.05, 0.1) is 5.69 Å². The number of hydrogen-bond donors (Lipinski definition) is 1. The third-order valence-corrected chi connectivity index (χ3v) is 3.88. The average Bonchev–Trinajstić information content (AvgIpc) is 2.44. The van der Waals surface area contributed by atoms with E-state index >= 15 is 0 Å². The molecule has 0 aliphatic heterocycles. The molecule has 0 aromatic carbocycles. The number of nitrogens with one attached hydrogen (secondary N) is 1. The second kappa shape index (κ2) is 4.41. The Hall–Kier alpha value is -0.900. The second-order valence-electron chi connectivity index (χ2n) is 6.39. The predicted molar refractivity (Wildman–Crippen MR) is 73.6 cm³/mol. The van der Waals surface area contributed by atoms with Crippen LogP contribution in [0.5, 0.6) is 0 Å². The first-order valence-electron chi connectivity index (χ1n) is 5.81. The molecule has 3 nitrogen and oxygen atoms in total. The van der Waals surface area contributed by atoms with Crippen LogP contribution in [0.15, 0.2) is 0 Å². The van der Waals surface area contributed by atoms with Gasteiger partial charge in [-0.05, 0) is 12.3 Å². The topological polar surface area (TPSA) is 42.0 Å². The van der Waals surface area contributed by atoms with Crippen molar-refractivity contribution in [1.82, 2.24) is 4.98 Å². The van der Waals surface area contributed by atoms with Crippen molar-refractivity contribution in [3.05, 3.63) is 10.6 Å². The van der Waals surface area contributed by atoms with Crippen LogP contribution >= 0.6 is 11.3 Å². The van der Waals surface area contributed by atoms with Gasteiger partial charge >= 0.3 is 0 Å². The largest absolute Gasteiger partial charge is 0.302 e. The molecule has 1 N–H and O–H groups in total. The fraction of sp³-hybridized carbons (Fsp3) is 0.692. The van der Waals surface area contributed by atoms with Crippen LogP contribution in [0, 0.1) is 12.3 Å². The molecule has 0 fully saturated rings. The highest BCUT2D eigenvalue weighted by Gasteiger charge is 2.25. The number of thiazole rings is 1. The molecule has 0 bridgehead atoms. The Bertz CT molecular complexity index is 422. The standard InChI is InChI=1S/C13H22N2OS/c1-8-9(12(2,3)4)17-11(14-8)15-10(16)13(5,6)7/h1-7H3,(H,14,15,16). The maximum Gasteiger partial charge on any atom is 0.231 e. The highest BCUT2D eigenvalue weighted by atomic mass is 32.1. The Kier molecular flexibility index (Phi) is 3.67. The van der Waals surface area contributed by atoms with Gasteiger partial charge in [-0.3, -0.25) is 4.79 Å². The summed E-state index contributed by atoms with van der Waals surface area (Å²) < 4.78 is 0. The zero-order chi connectivity index (χ0) is 13.4. The lowest BCUT2D eigenvalue weighted by Crippen LogP contribution is -2.27.